The Kier molecular flexibility index (Phi) is 6.61. The molecule has 1 aromatic heterocycles. The van der Waals surface area contributed by atoms with E-state index in [9.17, 15) is 14.7 Å². The standard InChI is InChI=1S/C20H18BrN3O5/c1-2-28-18(26)11-24-16-6-4-3-5-15(16)19(20(24)27)23-22-17(25)12-29-14-9-7-13(21)8-10-14/h3-10,27H,2,11-12H2,1H3. The summed E-state index contributed by atoms with van der Waals surface area (Å²) >= 11 is 3.32. The van der Waals surface area contributed by atoms with Gasteiger partial charge in [-0.1, -0.05) is 34.1 Å². The van der Waals surface area contributed by atoms with Crippen LogP contribution >= 0.6 is 15.9 Å². The van der Waals surface area contributed by atoms with E-state index in [1.54, 1.807) is 55.5 Å². The minimum atomic E-state index is -0.616. The summed E-state index contributed by atoms with van der Waals surface area (Å²) in [6.45, 7) is 1.45. The molecule has 0 saturated carbocycles. The Bertz CT molecular complexity index is 1060. The van der Waals surface area contributed by atoms with Gasteiger partial charge in [-0.15, -0.1) is 10.2 Å². The van der Waals surface area contributed by atoms with E-state index in [1.807, 2.05) is 0 Å². The average molecular weight is 460 g/mol. The number of hydrogen-bond donors (Lipinski definition) is 1. The molecule has 0 aliphatic rings. The molecule has 0 atom stereocenters. The van der Waals surface area contributed by atoms with Crippen LogP contribution in [-0.2, 0) is 20.9 Å². The lowest BCUT2D eigenvalue weighted by Gasteiger charge is -2.06. The first-order valence-corrected chi connectivity index (χ1v) is 9.57. The predicted octanol–water partition coefficient (Wildman–Crippen LogP) is 4.36. The zero-order valence-corrected chi connectivity index (χ0v) is 17.1. The van der Waals surface area contributed by atoms with Crippen LogP contribution in [0.5, 0.6) is 11.6 Å². The summed E-state index contributed by atoms with van der Waals surface area (Å²) in [5, 5.41) is 18.6. The van der Waals surface area contributed by atoms with Crippen molar-refractivity contribution in [2.24, 2.45) is 10.2 Å². The number of benzene rings is 2. The molecule has 29 heavy (non-hydrogen) atoms. The number of hydrogen-bond acceptors (Lipinski definition) is 6. The molecular formula is C20H18BrN3O5. The first kappa shape index (κ1) is 20.5. The Morgan fingerprint density at radius 1 is 1.14 bits per heavy atom. The van der Waals surface area contributed by atoms with Gasteiger partial charge in [0.1, 0.15) is 12.3 Å². The largest absolute Gasteiger partial charge is 0.493 e. The molecule has 0 fully saturated rings. The lowest BCUT2D eigenvalue weighted by molar-refractivity contribution is -0.143. The van der Waals surface area contributed by atoms with Crippen molar-refractivity contribution in [2.45, 2.75) is 13.5 Å². The second kappa shape index (κ2) is 9.33. The number of para-hydroxylation sites is 1. The van der Waals surface area contributed by atoms with E-state index >= 15 is 0 Å². The number of azo groups is 1. The van der Waals surface area contributed by atoms with Crippen LogP contribution in [0.25, 0.3) is 10.9 Å². The number of aromatic hydroxyl groups is 1. The topological polar surface area (TPSA) is 102 Å². The first-order chi connectivity index (χ1) is 14.0. The molecule has 3 rings (SSSR count). The van der Waals surface area contributed by atoms with Crippen LogP contribution in [0.3, 0.4) is 0 Å². The third-order valence-electron chi connectivity index (χ3n) is 3.95. The van der Waals surface area contributed by atoms with Crippen LogP contribution in [-0.4, -0.2) is 34.8 Å². The van der Waals surface area contributed by atoms with Gasteiger partial charge in [-0.2, -0.15) is 0 Å². The Labute approximate surface area is 174 Å². The van der Waals surface area contributed by atoms with Crippen molar-refractivity contribution in [1.82, 2.24) is 4.57 Å². The van der Waals surface area contributed by atoms with Crippen molar-refractivity contribution in [3.05, 3.63) is 53.0 Å². The number of carbonyl (C=O) groups excluding carboxylic acids is 2. The third-order valence-corrected chi connectivity index (χ3v) is 4.48. The lowest BCUT2D eigenvalue weighted by atomic mass is 10.2. The summed E-state index contributed by atoms with van der Waals surface area (Å²) in [7, 11) is 0. The fraction of sp³-hybridized carbons (Fsp3) is 0.200. The zero-order chi connectivity index (χ0) is 20.8. The molecule has 9 heteroatoms. The molecule has 0 saturated heterocycles. The van der Waals surface area contributed by atoms with Crippen molar-refractivity contribution < 1.29 is 24.2 Å². The molecule has 0 aliphatic heterocycles. The molecule has 0 aliphatic carbocycles. The maximum Gasteiger partial charge on any atom is 0.326 e. The number of ether oxygens (including phenoxy) is 2. The van der Waals surface area contributed by atoms with E-state index in [2.05, 4.69) is 26.2 Å². The van der Waals surface area contributed by atoms with Crippen LogP contribution in [0.15, 0.2) is 63.2 Å². The molecule has 1 heterocycles. The van der Waals surface area contributed by atoms with Gasteiger partial charge in [0.2, 0.25) is 5.88 Å². The highest BCUT2D eigenvalue weighted by Crippen LogP contribution is 2.38. The number of amides is 1. The predicted molar refractivity (Wildman–Crippen MR) is 109 cm³/mol. The van der Waals surface area contributed by atoms with Crippen molar-refractivity contribution in [1.29, 1.82) is 0 Å². The highest BCUT2D eigenvalue weighted by atomic mass is 79.9. The second-order valence-electron chi connectivity index (χ2n) is 5.92. The molecule has 150 valence electrons. The fourth-order valence-corrected chi connectivity index (χ4v) is 2.94. The van der Waals surface area contributed by atoms with Gasteiger partial charge in [0, 0.05) is 9.86 Å². The molecular weight excluding hydrogens is 442 g/mol. The molecule has 0 radical (unpaired) electrons. The van der Waals surface area contributed by atoms with Gasteiger partial charge in [-0.25, -0.2) is 0 Å². The smallest absolute Gasteiger partial charge is 0.326 e. The molecule has 0 bridgehead atoms. The summed E-state index contributed by atoms with van der Waals surface area (Å²) < 4.78 is 12.6. The first-order valence-electron chi connectivity index (χ1n) is 8.78. The molecule has 0 unspecified atom stereocenters. The zero-order valence-electron chi connectivity index (χ0n) is 15.5. The average Bonchev–Trinajstić information content (AvgIpc) is 2.97. The van der Waals surface area contributed by atoms with Gasteiger partial charge in [0.15, 0.2) is 12.3 Å². The van der Waals surface area contributed by atoms with Crippen LogP contribution < -0.4 is 4.74 Å². The van der Waals surface area contributed by atoms with Crippen LogP contribution in [0, 0.1) is 0 Å². The van der Waals surface area contributed by atoms with Gasteiger partial charge in [0.25, 0.3) is 0 Å². The molecule has 8 nitrogen and oxygen atoms in total. The summed E-state index contributed by atoms with van der Waals surface area (Å²) in [6, 6.07) is 14.0. The Morgan fingerprint density at radius 2 is 1.86 bits per heavy atom. The van der Waals surface area contributed by atoms with E-state index in [4.69, 9.17) is 9.47 Å². The molecule has 3 aromatic rings. The fourth-order valence-electron chi connectivity index (χ4n) is 2.68. The van der Waals surface area contributed by atoms with Crippen molar-refractivity contribution in [2.75, 3.05) is 13.2 Å². The maximum absolute atomic E-state index is 12.0. The van der Waals surface area contributed by atoms with E-state index in [-0.39, 0.29) is 31.3 Å². The SMILES string of the molecule is CCOC(=O)Cn1c(O)c(N=NC(=O)COc2ccc(Br)cc2)c2ccccc21. The summed E-state index contributed by atoms with van der Waals surface area (Å²) in [6.07, 6.45) is 0. The summed E-state index contributed by atoms with van der Waals surface area (Å²) in [4.78, 5) is 23.9. The minimum absolute atomic E-state index is 0.0990. The highest BCUT2D eigenvalue weighted by Gasteiger charge is 2.19. The lowest BCUT2D eigenvalue weighted by Crippen LogP contribution is -2.12. The van der Waals surface area contributed by atoms with Crippen molar-refractivity contribution in [3.63, 3.8) is 0 Å². The molecule has 2 aromatic carbocycles. The Hall–Kier alpha value is -3.20. The highest BCUT2D eigenvalue weighted by molar-refractivity contribution is 9.10. The number of aromatic nitrogens is 1. The van der Waals surface area contributed by atoms with Crippen molar-refractivity contribution in [3.8, 4) is 11.6 Å². The van der Waals surface area contributed by atoms with Gasteiger partial charge < -0.3 is 14.6 Å². The normalized spacial score (nSPS) is 11.1. The summed E-state index contributed by atoms with van der Waals surface area (Å²) in [5.74, 6) is -0.865. The van der Waals surface area contributed by atoms with Crippen LogP contribution in [0.4, 0.5) is 5.69 Å². The van der Waals surface area contributed by atoms with E-state index < -0.39 is 11.9 Å². The number of fused-ring (bicyclic) bond motifs is 1. The number of halogens is 1. The Balaban J connectivity index is 1.78. The maximum atomic E-state index is 12.0. The van der Waals surface area contributed by atoms with Gasteiger partial charge in [0.05, 0.1) is 12.1 Å². The van der Waals surface area contributed by atoms with Gasteiger partial charge in [-0.3, -0.25) is 14.2 Å². The number of nitrogens with zero attached hydrogens (tertiary/aromatic N) is 3. The van der Waals surface area contributed by atoms with E-state index in [0.717, 1.165) is 4.47 Å². The Morgan fingerprint density at radius 3 is 2.59 bits per heavy atom. The van der Waals surface area contributed by atoms with Gasteiger partial charge >= 0.3 is 11.9 Å². The molecule has 1 amide bonds. The second-order valence-corrected chi connectivity index (χ2v) is 6.83. The quantitative estimate of drug-likeness (QED) is 0.417. The summed E-state index contributed by atoms with van der Waals surface area (Å²) in [5.41, 5.74) is 0.674. The van der Waals surface area contributed by atoms with E-state index in [1.165, 1.54) is 4.57 Å². The van der Waals surface area contributed by atoms with Crippen molar-refractivity contribution >= 4 is 44.4 Å². The van der Waals surface area contributed by atoms with E-state index in [0.29, 0.717) is 16.7 Å². The number of esters is 1. The van der Waals surface area contributed by atoms with Crippen LogP contribution in [0.2, 0.25) is 0 Å². The third kappa shape index (κ3) is 5.00. The van der Waals surface area contributed by atoms with Crippen LogP contribution in [0.1, 0.15) is 6.92 Å². The number of rotatable bonds is 7. The monoisotopic (exact) mass is 459 g/mol. The number of carbonyl (C=O) groups is 2. The van der Waals surface area contributed by atoms with Gasteiger partial charge in [-0.05, 0) is 37.3 Å². The minimum Gasteiger partial charge on any atom is -0.493 e. The molecule has 1 N–H and O–H groups in total. The molecule has 0 spiro atoms.